The van der Waals surface area contributed by atoms with Crippen molar-refractivity contribution in [1.29, 1.82) is 0 Å². The lowest BCUT2D eigenvalue weighted by Gasteiger charge is -2.21. The number of rotatable bonds is 6. The second-order valence-corrected chi connectivity index (χ2v) is 3.50. The lowest BCUT2D eigenvalue weighted by Crippen LogP contribution is -2.35. The van der Waals surface area contributed by atoms with Gasteiger partial charge >= 0.3 is 5.97 Å². The summed E-state index contributed by atoms with van der Waals surface area (Å²) in [5.74, 6) is -1.59. The van der Waals surface area contributed by atoms with E-state index in [2.05, 4.69) is 0 Å². The molecule has 0 aliphatic rings. The van der Waals surface area contributed by atoms with Crippen LogP contribution in [0.3, 0.4) is 0 Å². The number of carboxylic acids is 1. The van der Waals surface area contributed by atoms with E-state index in [4.69, 9.17) is 5.11 Å². The number of likely N-dealkylation sites (N-methyl/N-ethyl adjacent to an activating group) is 1. The number of nitrogens with zero attached hydrogens (tertiary/aromatic N) is 1. The molecule has 0 aromatic heterocycles. The lowest BCUT2D eigenvalue weighted by molar-refractivity contribution is -0.142. The molecular weight excluding hydrogens is 206 g/mol. The Balaban J connectivity index is 4.38. The molecule has 0 aromatic carbocycles. The van der Waals surface area contributed by atoms with Gasteiger partial charge in [-0.3, -0.25) is 9.59 Å². The van der Waals surface area contributed by atoms with Gasteiger partial charge in [0.2, 0.25) is 5.91 Å². The van der Waals surface area contributed by atoms with E-state index >= 15 is 0 Å². The molecule has 0 spiro atoms. The number of hydrogen-bond acceptors (Lipinski definition) is 2. The molecule has 4 heteroatoms. The van der Waals surface area contributed by atoms with E-state index in [9.17, 15) is 9.59 Å². The summed E-state index contributed by atoms with van der Waals surface area (Å²) in [6.07, 6.45) is 6.67. The second kappa shape index (κ2) is 7.68. The van der Waals surface area contributed by atoms with Crippen molar-refractivity contribution in [1.82, 2.24) is 4.90 Å². The van der Waals surface area contributed by atoms with Crippen LogP contribution in [-0.2, 0) is 9.59 Å². The molecule has 0 aliphatic heterocycles. The molecule has 0 saturated heterocycles. The topological polar surface area (TPSA) is 57.6 Å². The lowest BCUT2D eigenvalue weighted by atomic mass is 10.1. The Morgan fingerprint density at radius 2 is 2.00 bits per heavy atom. The third kappa shape index (κ3) is 5.34. The SMILES string of the molecule is CC=CC=CC(=O)N(CC)CC(C)C(=O)O. The van der Waals surface area contributed by atoms with Crippen LogP contribution in [0, 0.1) is 5.92 Å². The van der Waals surface area contributed by atoms with E-state index in [0.717, 1.165) is 0 Å². The molecule has 0 aromatic rings. The van der Waals surface area contributed by atoms with Gasteiger partial charge in [-0.05, 0) is 13.8 Å². The Kier molecular flexibility index (Phi) is 6.92. The quantitative estimate of drug-likeness (QED) is 0.552. The molecule has 1 unspecified atom stereocenters. The summed E-state index contributed by atoms with van der Waals surface area (Å²) in [5, 5.41) is 8.76. The third-order valence-corrected chi connectivity index (χ3v) is 2.15. The summed E-state index contributed by atoms with van der Waals surface area (Å²) in [6, 6.07) is 0. The summed E-state index contributed by atoms with van der Waals surface area (Å²) >= 11 is 0. The predicted octanol–water partition coefficient (Wildman–Crippen LogP) is 1.69. The molecule has 0 saturated carbocycles. The molecule has 0 rings (SSSR count). The average Bonchev–Trinajstić information content (AvgIpc) is 2.25. The van der Waals surface area contributed by atoms with Crippen LogP contribution in [0.15, 0.2) is 24.3 Å². The Hall–Kier alpha value is -1.58. The minimum Gasteiger partial charge on any atom is -0.481 e. The predicted molar refractivity (Wildman–Crippen MR) is 63.0 cm³/mol. The maximum atomic E-state index is 11.6. The van der Waals surface area contributed by atoms with Gasteiger partial charge in [-0.15, -0.1) is 0 Å². The monoisotopic (exact) mass is 225 g/mol. The van der Waals surface area contributed by atoms with Gasteiger partial charge in [-0.25, -0.2) is 0 Å². The van der Waals surface area contributed by atoms with Gasteiger partial charge in [0.05, 0.1) is 5.92 Å². The van der Waals surface area contributed by atoms with Crippen molar-refractivity contribution in [3.63, 3.8) is 0 Å². The van der Waals surface area contributed by atoms with Crippen LogP contribution in [0.25, 0.3) is 0 Å². The first kappa shape index (κ1) is 14.4. The van der Waals surface area contributed by atoms with Crippen molar-refractivity contribution in [2.75, 3.05) is 13.1 Å². The fourth-order valence-corrected chi connectivity index (χ4v) is 1.14. The van der Waals surface area contributed by atoms with Gasteiger partial charge in [0, 0.05) is 19.2 Å². The fourth-order valence-electron chi connectivity index (χ4n) is 1.14. The number of allylic oxidation sites excluding steroid dienone is 3. The highest BCUT2D eigenvalue weighted by atomic mass is 16.4. The number of carbonyl (C=O) groups excluding carboxylic acids is 1. The van der Waals surface area contributed by atoms with Gasteiger partial charge in [0.25, 0.3) is 0 Å². The first-order valence-electron chi connectivity index (χ1n) is 5.34. The molecule has 1 N–H and O–H groups in total. The smallest absolute Gasteiger partial charge is 0.308 e. The van der Waals surface area contributed by atoms with E-state index in [1.54, 1.807) is 19.1 Å². The van der Waals surface area contributed by atoms with E-state index in [1.165, 1.54) is 11.0 Å². The largest absolute Gasteiger partial charge is 0.481 e. The fraction of sp³-hybridized carbons (Fsp3) is 0.500. The molecule has 90 valence electrons. The normalized spacial score (nSPS) is 13.2. The van der Waals surface area contributed by atoms with Crippen molar-refractivity contribution >= 4 is 11.9 Å². The molecule has 1 amide bonds. The summed E-state index contributed by atoms with van der Waals surface area (Å²) in [4.78, 5) is 23.8. The van der Waals surface area contributed by atoms with E-state index < -0.39 is 11.9 Å². The average molecular weight is 225 g/mol. The zero-order valence-corrected chi connectivity index (χ0v) is 10.0. The van der Waals surface area contributed by atoms with Gasteiger partial charge in [0.15, 0.2) is 0 Å². The number of hydrogen-bond donors (Lipinski definition) is 1. The van der Waals surface area contributed by atoms with Gasteiger partial charge in [0.1, 0.15) is 0 Å². The zero-order valence-electron chi connectivity index (χ0n) is 10.0. The van der Waals surface area contributed by atoms with Gasteiger partial charge < -0.3 is 10.0 Å². The van der Waals surface area contributed by atoms with Crippen molar-refractivity contribution in [2.45, 2.75) is 20.8 Å². The third-order valence-electron chi connectivity index (χ3n) is 2.15. The Morgan fingerprint density at radius 1 is 1.38 bits per heavy atom. The summed E-state index contributed by atoms with van der Waals surface area (Å²) in [6.45, 7) is 6.03. The van der Waals surface area contributed by atoms with Crippen LogP contribution in [0.5, 0.6) is 0 Å². The number of amides is 1. The van der Waals surface area contributed by atoms with Crippen LogP contribution < -0.4 is 0 Å². The molecule has 16 heavy (non-hydrogen) atoms. The van der Waals surface area contributed by atoms with Crippen LogP contribution in [0.2, 0.25) is 0 Å². The molecular formula is C12H19NO3. The minimum absolute atomic E-state index is 0.159. The van der Waals surface area contributed by atoms with Crippen LogP contribution in [-0.4, -0.2) is 35.0 Å². The highest BCUT2D eigenvalue weighted by Crippen LogP contribution is 2.01. The van der Waals surface area contributed by atoms with E-state index in [-0.39, 0.29) is 12.5 Å². The number of carboxylic acid groups (broad SMARTS) is 1. The summed E-state index contributed by atoms with van der Waals surface area (Å²) < 4.78 is 0. The van der Waals surface area contributed by atoms with Crippen LogP contribution in [0.1, 0.15) is 20.8 Å². The highest BCUT2D eigenvalue weighted by molar-refractivity contribution is 5.88. The standard InChI is InChI=1S/C12H19NO3/c1-4-6-7-8-11(14)13(5-2)9-10(3)12(15)16/h4,6-8,10H,5,9H2,1-3H3,(H,15,16). The molecule has 0 aliphatic carbocycles. The van der Waals surface area contributed by atoms with Gasteiger partial charge in [-0.1, -0.05) is 25.2 Å². The molecule has 0 radical (unpaired) electrons. The first-order valence-corrected chi connectivity index (χ1v) is 5.34. The Morgan fingerprint density at radius 3 is 2.44 bits per heavy atom. The van der Waals surface area contributed by atoms with Gasteiger partial charge in [-0.2, -0.15) is 0 Å². The van der Waals surface area contributed by atoms with Crippen molar-refractivity contribution in [3.05, 3.63) is 24.3 Å². The Labute approximate surface area is 96.3 Å². The van der Waals surface area contributed by atoms with E-state index in [0.29, 0.717) is 6.54 Å². The highest BCUT2D eigenvalue weighted by Gasteiger charge is 2.17. The van der Waals surface area contributed by atoms with Crippen molar-refractivity contribution in [3.8, 4) is 0 Å². The molecule has 0 fully saturated rings. The second-order valence-electron chi connectivity index (χ2n) is 3.50. The molecule has 1 atom stereocenters. The number of carbonyl (C=O) groups is 2. The minimum atomic E-state index is -0.885. The van der Waals surface area contributed by atoms with Crippen molar-refractivity contribution < 1.29 is 14.7 Å². The molecule has 4 nitrogen and oxygen atoms in total. The molecule has 0 bridgehead atoms. The summed E-state index contributed by atoms with van der Waals surface area (Å²) in [7, 11) is 0. The van der Waals surface area contributed by atoms with Crippen LogP contribution >= 0.6 is 0 Å². The van der Waals surface area contributed by atoms with Crippen LogP contribution in [0.4, 0.5) is 0 Å². The Bertz CT molecular complexity index is 295. The van der Waals surface area contributed by atoms with E-state index in [1.807, 2.05) is 19.9 Å². The first-order chi connectivity index (χ1) is 7.52. The number of aliphatic carboxylic acids is 1. The maximum Gasteiger partial charge on any atom is 0.308 e. The maximum absolute atomic E-state index is 11.6. The molecule has 0 heterocycles. The van der Waals surface area contributed by atoms with Crippen molar-refractivity contribution in [2.24, 2.45) is 5.92 Å². The summed E-state index contributed by atoms with van der Waals surface area (Å²) in [5.41, 5.74) is 0. The zero-order chi connectivity index (χ0) is 12.6.